The lowest BCUT2D eigenvalue weighted by Gasteiger charge is -2.46. The summed E-state index contributed by atoms with van der Waals surface area (Å²) < 4.78 is 1.59. The van der Waals surface area contributed by atoms with E-state index in [1.165, 1.54) is 4.90 Å². The molecule has 1 aliphatic heterocycles. The van der Waals surface area contributed by atoms with Crippen molar-refractivity contribution in [2.75, 3.05) is 24.3 Å². The molecule has 1 aromatic carbocycles. The number of carbonyl (C=O) groups is 3. The van der Waals surface area contributed by atoms with Gasteiger partial charge in [0.25, 0.3) is 5.91 Å². The summed E-state index contributed by atoms with van der Waals surface area (Å²) in [4.78, 5) is 47.4. The van der Waals surface area contributed by atoms with Crippen molar-refractivity contribution in [3.8, 4) is 0 Å². The van der Waals surface area contributed by atoms with Crippen LogP contribution in [0, 0.1) is 12.8 Å². The van der Waals surface area contributed by atoms with Crippen molar-refractivity contribution in [3.63, 3.8) is 0 Å². The van der Waals surface area contributed by atoms with Gasteiger partial charge in [0.15, 0.2) is 0 Å². The van der Waals surface area contributed by atoms with E-state index in [0.717, 1.165) is 21.7 Å². The summed E-state index contributed by atoms with van der Waals surface area (Å²) in [6, 6.07) is 11.5. The van der Waals surface area contributed by atoms with Crippen LogP contribution in [0.3, 0.4) is 0 Å². The number of pyridine rings is 1. The van der Waals surface area contributed by atoms with Crippen LogP contribution >= 0.6 is 0 Å². The van der Waals surface area contributed by atoms with Gasteiger partial charge in [0, 0.05) is 33.0 Å². The first-order chi connectivity index (χ1) is 17.7. The predicted octanol–water partition coefficient (Wildman–Crippen LogP) is 3.06. The molecule has 2 aromatic heterocycles. The number of amides is 4. The molecule has 0 aliphatic carbocycles. The van der Waals surface area contributed by atoms with Gasteiger partial charge >= 0.3 is 6.03 Å². The maximum Gasteiger partial charge on any atom is 0.325 e. The minimum atomic E-state index is -0.947. The number of carbonyl (C=O) groups excluding carboxylic acids is 3. The summed E-state index contributed by atoms with van der Waals surface area (Å²) in [5.41, 5.74) is 3.18. The number of benzene rings is 1. The number of nitrogens with zero attached hydrogens (tertiary/aromatic N) is 5. The highest BCUT2D eigenvalue weighted by molar-refractivity contribution is 6.12. The Morgan fingerprint density at radius 2 is 1.92 bits per heavy atom. The third-order valence-corrected chi connectivity index (χ3v) is 6.73. The molecule has 0 unspecified atom stereocenters. The van der Waals surface area contributed by atoms with Crippen LogP contribution in [-0.2, 0) is 23.1 Å². The topological polar surface area (TPSA) is 112 Å². The average molecular weight is 504 g/mol. The van der Waals surface area contributed by atoms with Crippen molar-refractivity contribution in [3.05, 3.63) is 71.7 Å². The van der Waals surface area contributed by atoms with Crippen LogP contribution in [0.2, 0.25) is 0 Å². The number of rotatable bonds is 8. The summed E-state index contributed by atoms with van der Waals surface area (Å²) in [5, 5.41) is 10.1. The van der Waals surface area contributed by atoms with Gasteiger partial charge in [-0.05, 0) is 43.0 Å². The SMILES string of the molecule is CC[C@@H](NC(=O)N1C(=O)[C@H](Cc2cc(C)nc(NC)c2)[C@H]1C(=O)N(C)c1cnn(C)c1)c1ccccc1. The van der Waals surface area contributed by atoms with Crippen molar-refractivity contribution in [1.29, 1.82) is 0 Å². The molecule has 2 N–H and O–H groups in total. The number of likely N-dealkylation sites (tertiary alicyclic amines) is 1. The molecule has 3 aromatic rings. The molecule has 4 amide bonds. The minimum absolute atomic E-state index is 0.284. The summed E-state index contributed by atoms with van der Waals surface area (Å²) in [6.45, 7) is 3.84. The fourth-order valence-electron chi connectivity index (χ4n) is 4.73. The molecule has 0 saturated carbocycles. The van der Waals surface area contributed by atoms with Crippen LogP contribution < -0.4 is 15.5 Å². The van der Waals surface area contributed by atoms with Crippen molar-refractivity contribution >= 4 is 29.4 Å². The molecule has 4 rings (SSSR count). The molecule has 194 valence electrons. The van der Waals surface area contributed by atoms with E-state index in [9.17, 15) is 14.4 Å². The van der Waals surface area contributed by atoms with Gasteiger partial charge in [-0.15, -0.1) is 0 Å². The first-order valence-corrected chi connectivity index (χ1v) is 12.3. The first-order valence-electron chi connectivity index (χ1n) is 12.3. The number of β-lactam (4-membered cyclic amide) rings is 1. The quantitative estimate of drug-likeness (QED) is 0.457. The first kappa shape index (κ1) is 25.9. The summed E-state index contributed by atoms with van der Waals surface area (Å²) >= 11 is 0. The van der Waals surface area contributed by atoms with Crippen LogP contribution in [-0.4, -0.2) is 57.6 Å². The van der Waals surface area contributed by atoms with E-state index < -0.39 is 18.0 Å². The molecule has 3 heterocycles. The largest absolute Gasteiger partial charge is 0.373 e. The minimum Gasteiger partial charge on any atom is -0.373 e. The Bertz CT molecular complexity index is 1290. The summed E-state index contributed by atoms with van der Waals surface area (Å²) in [7, 11) is 5.17. The lowest BCUT2D eigenvalue weighted by atomic mass is 9.81. The number of hydrogen-bond acceptors (Lipinski definition) is 6. The molecule has 3 atom stereocenters. The van der Waals surface area contributed by atoms with Gasteiger partial charge in [-0.25, -0.2) is 9.78 Å². The molecule has 0 radical (unpaired) electrons. The number of urea groups is 1. The normalized spacial score (nSPS) is 17.6. The highest BCUT2D eigenvalue weighted by Gasteiger charge is 2.55. The zero-order chi connectivity index (χ0) is 26.7. The second-order valence-corrected chi connectivity index (χ2v) is 9.31. The Labute approximate surface area is 216 Å². The smallest absolute Gasteiger partial charge is 0.325 e. The second kappa shape index (κ2) is 10.8. The van der Waals surface area contributed by atoms with Gasteiger partial charge in [0.1, 0.15) is 11.9 Å². The number of hydrogen-bond donors (Lipinski definition) is 2. The molecule has 0 bridgehead atoms. The zero-order valence-electron chi connectivity index (χ0n) is 21.8. The molecular weight excluding hydrogens is 470 g/mol. The third kappa shape index (κ3) is 5.32. The Hall–Kier alpha value is -4.21. The van der Waals surface area contributed by atoms with E-state index in [-0.39, 0.29) is 17.9 Å². The Morgan fingerprint density at radius 1 is 1.19 bits per heavy atom. The van der Waals surface area contributed by atoms with Gasteiger partial charge < -0.3 is 15.5 Å². The summed E-state index contributed by atoms with van der Waals surface area (Å²) in [6.07, 6.45) is 4.24. The molecule has 1 fully saturated rings. The van der Waals surface area contributed by atoms with Crippen molar-refractivity contribution in [1.82, 2.24) is 25.0 Å². The lowest BCUT2D eigenvalue weighted by Crippen LogP contribution is -2.70. The number of nitrogens with one attached hydrogen (secondary N) is 2. The maximum atomic E-state index is 13.7. The number of imide groups is 1. The molecule has 1 saturated heterocycles. The van der Waals surface area contributed by atoms with Crippen molar-refractivity contribution in [2.45, 2.75) is 38.8 Å². The van der Waals surface area contributed by atoms with E-state index >= 15 is 0 Å². The zero-order valence-corrected chi connectivity index (χ0v) is 21.8. The monoisotopic (exact) mass is 503 g/mol. The van der Waals surface area contributed by atoms with Crippen LogP contribution in [0.5, 0.6) is 0 Å². The average Bonchev–Trinajstić information content (AvgIpc) is 3.34. The predicted molar refractivity (Wildman–Crippen MR) is 141 cm³/mol. The Morgan fingerprint density at radius 3 is 2.54 bits per heavy atom. The molecule has 37 heavy (non-hydrogen) atoms. The van der Waals surface area contributed by atoms with Crippen molar-refractivity contribution in [2.24, 2.45) is 13.0 Å². The number of aromatic nitrogens is 3. The lowest BCUT2D eigenvalue weighted by molar-refractivity contribution is -0.156. The number of likely N-dealkylation sites (N-methyl/N-ethyl adjacent to an activating group) is 1. The van der Waals surface area contributed by atoms with E-state index in [1.807, 2.05) is 56.3 Å². The van der Waals surface area contributed by atoms with Gasteiger partial charge in [0.05, 0.1) is 23.8 Å². The highest BCUT2D eigenvalue weighted by Crippen LogP contribution is 2.33. The van der Waals surface area contributed by atoms with Crippen LogP contribution in [0.15, 0.2) is 54.9 Å². The Balaban J connectivity index is 1.61. The third-order valence-electron chi connectivity index (χ3n) is 6.73. The molecule has 10 heteroatoms. The van der Waals surface area contributed by atoms with E-state index in [1.54, 1.807) is 38.2 Å². The molecule has 0 spiro atoms. The van der Waals surface area contributed by atoms with Gasteiger partial charge in [-0.1, -0.05) is 37.3 Å². The highest BCUT2D eigenvalue weighted by atomic mass is 16.2. The van der Waals surface area contributed by atoms with E-state index in [4.69, 9.17) is 0 Å². The fourth-order valence-corrected chi connectivity index (χ4v) is 4.73. The maximum absolute atomic E-state index is 13.7. The van der Waals surface area contributed by atoms with Crippen LogP contribution in [0.25, 0.3) is 0 Å². The Kier molecular flexibility index (Phi) is 7.56. The van der Waals surface area contributed by atoms with Gasteiger partial charge in [-0.3, -0.25) is 19.2 Å². The molecule has 1 aliphatic rings. The van der Waals surface area contributed by atoms with E-state index in [2.05, 4.69) is 20.7 Å². The molecular formula is C27H33N7O3. The van der Waals surface area contributed by atoms with Crippen LogP contribution in [0.1, 0.15) is 36.2 Å². The second-order valence-electron chi connectivity index (χ2n) is 9.31. The van der Waals surface area contributed by atoms with Gasteiger partial charge in [-0.2, -0.15) is 5.10 Å². The van der Waals surface area contributed by atoms with Crippen molar-refractivity contribution < 1.29 is 14.4 Å². The van der Waals surface area contributed by atoms with Gasteiger partial charge in [0.2, 0.25) is 5.91 Å². The van der Waals surface area contributed by atoms with Crippen LogP contribution in [0.4, 0.5) is 16.3 Å². The molecule has 10 nitrogen and oxygen atoms in total. The standard InChI is InChI=1S/C27H33N7O3/c1-6-22(19-10-8-7-9-11-19)31-27(37)34-24(26(36)33(5)20-15-29-32(4)16-20)21(25(34)35)13-18-12-17(2)30-23(14-18)28-3/h7-12,14-16,21-22,24H,6,13H2,1-5H3,(H,28,30)(H,31,37)/t21-,22-,24+/m1/s1. The number of anilines is 2. The van der Waals surface area contributed by atoms with E-state index in [0.29, 0.717) is 24.3 Å². The summed E-state index contributed by atoms with van der Waals surface area (Å²) in [5.74, 6) is -0.722. The fraction of sp³-hybridized carbons (Fsp3) is 0.370. The number of aryl methyl sites for hydroxylation is 2.